The van der Waals surface area contributed by atoms with Crippen molar-refractivity contribution in [3.05, 3.63) is 11.5 Å². The molecule has 0 rings (SSSR count). The van der Waals surface area contributed by atoms with Crippen LogP contribution >= 0.6 is 0 Å². The van der Waals surface area contributed by atoms with Crippen molar-refractivity contribution in [1.29, 1.82) is 0 Å². The van der Waals surface area contributed by atoms with Crippen LogP contribution < -0.4 is 21.3 Å². The summed E-state index contributed by atoms with van der Waals surface area (Å²) in [4.78, 5) is 38.9. The number of unbranched alkanes of at least 4 members (excludes halogenated alkanes) is 1. The van der Waals surface area contributed by atoms with Gasteiger partial charge in [0.1, 0.15) is 12.1 Å². The second-order valence-electron chi connectivity index (χ2n) is 10.9. The lowest BCUT2D eigenvalue weighted by atomic mass is 9.99. The molecule has 210 valence electrons. The zero-order chi connectivity index (χ0) is 27.9. The third kappa shape index (κ3) is 17.5. The van der Waals surface area contributed by atoms with E-state index in [1.807, 2.05) is 48.6 Å². The molecule has 9 nitrogen and oxygen atoms in total. The fourth-order valence-corrected chi connectivity index (χ4v) is 4.22. The Balaban J connectivity index is 5.51. The molecule has 0 saturated heterocycles. The molecule has 0 heterocycles. The third-order valence-electron chi connectivity index (χ3n) is 5.39. The van der Waals surface area contributed by atoms with Crippen LogP contribution in [0.4, 0.5) is 0 Å². The summed E-state index contributed by atoms with van der Waals surface area (Å²) in [5.74, 6) is -0.431. The van der Waals surface area contributed by atoms with Gasteiger partial charge < -0.3 is 21.3 Å². The SMILES string of the molecule is CNCCCCC(=O)N[C@@H](CC(C)C)C(=O)N[C@@H](CC(C)C)C(=O)N[C@H](/C=C/S(C)(=O)=O)CC(C)C. The first-order chi connectivity index (χ1) is 16.6. The average Bonchev–Trinajstić information content (AvgIpc) is 2.72. The lowest BCUT2D eigenvalue weighted by Gasteiger charge is -2.27. The van der Waals surface area contributed by atoms with E-state index in [4.69, 9.17) is 0 Å². The minimum absolute atomic E-state index is 0.126. The fourth-order valence-electron chi connectivity index (χ4n) is 3.75. The molecule has 36 heavy (non-hydrogen) atoms. The molecule has 0 radical (unpaired) electrons. The van der Waals surface area contributed by atoms with Crippen LogP contribution in [0.3, 0.4) is 0 Å². The quantitative estimate of drug-likeness (QED) is 0.201. The van der Waals surface area contributed by atoms with Crippen LogP contribution in [-0.2, 0) is 24.2 Å². The molecule has 4 N–H and O–H groups in total. The van der Waals surface area contributed by atoms with Crippen LogP contribution in [0, 0.1) is 17.8 Å². The predicted octanol–water partition coefficient (Wildman–Crippen LogP) is 2.53. The van der Waals surface area contributed by atoms with Gasteiger partial charge in [0.15, 0.2) is 9.84 Å². The molecule has 0 spiro atoms. The summed E-state index contributed by atoms with van der Waals surface area (Å²) in [6.45, 7) is 12.7. The normalized spacial score (nSPS) is 14.8. The van der Waals surface area contributed by atoms with Gasteiger partial charge >= 0.3 is 0 Å². The smallest absolute Gasteiger partial charge is 0.243 e. The van der Waals surface area contributed by atoms with E-state index in [2.05, 4.69) is 21.3 Å². The summed E-state index contributed by atoms with van der Waals surface area (Å²) in [7, 11) is -1.48. The first-order valence-electron chi connectivity index (χ1n) is 13.1. The monoisotopic (exact) mass is 530 g/mol. The van der Waals surface area contributed by atoms with Gasteiger partial charge in [0.25, 0.3) is 0 Å². The number of nitrogens with one attached hydrogen (secondary N) is 4. The maximum absolute atomic E-state index is 13.2. The Morgan fingerprint density at radius 2 is 1.25 bits per heavy atom. The molecular weight excluding hydrogens is 480 g/mol. The van der Waals surface area contributed by atoms with Crippen LogP contribution in [0.15, 0.2) is 11.5 Å². The van der Waals surface area contributed by atoms with Crippen LogP contribution in [0.25, 0.3) is 0 Å². The van der Waals surface area contributed by atoms with E-state index in [-0.39, 0.29) is 35.5 Å². The lowest BCUT2D eigenvalue weighted by molar-refractivity contribution is -0.132. The molecule has 0 bridgehead atoms. The van der Waals surface area contributed by atoms with Gasteiger partial charge in [0.05, 0.1) is 0 Å². The van der Waals surface area contributed by atoms with Gasteiger partial charge in [-0.1, -0.05) is 47.6 Å². The van der Waals surface area contributed by atoms with Crippen LogP contribution in [0.1, 0.15) is 80.1 Å². The molecular formula is C26H50N4O5S. The molecule has 0 aromatic carbocycles. The van der Waals surface area contributed by atoms with E-state index < -0.39 is 28.0 Å². The van der Waals surface area contributed by atoms with Gasteiger partial charge in [0, 0.05) is 24.1 Å². The van der Waals surface area contributed by atoms with Gasteiger partial charge in [0.2, 0.25) is 17.7 Å². The molecule has 0 aromatic heterocycles. The van der Waals surface area contributed by atoms with Crippen LogP contribution in [-0.4, -0.2) is 64.1 Å². The van der Waals surface area contributed by atoms with Crippen molar-refractivity contribution in [1.82, 2.24) is 21.3 Å². The van der Waals surface area contributed by atoms with Gasteiger partial charge in [-0.2, -0.15) is 0 Å². The zero-order valence-electron chi connectivity index (χ0n) is 23.5. The molecule has 3 amide bonds. The fraction of sp³-hybridized carbons (Fsp3) is 0.808. The molecule has 3 atom stereocenters. The molecule has 0 unspecified atom stereocenters. The number of carbonyl (C=O) groups excluding carboxylic acids is 3. The van der Waals surface area contributed by atoms with Crippen molar-refractivity contribution < 1.29 is 22.8 Å². The largest absolute Gasteiger partial charge is 0.348 e. The van der Waals surface area contributed by atoms with E-state index in [9.17, 15) is 22.8 Å². The number of amides is 3. The Bertz CT molecular complexity index is 809. The highest BCUT2D eigenvalue weighted by atomic mass is 32.2. The molecule has 0 saturated carbocycles. The summed E-state index contributed by atoms with van der Waals surface area (Å²) < 4.78 is 23.2. The lowest BCUT2D eigenvalue weighted by Crippen LogP contribution is -2.55. The Morgan fingerprint density at radius 1 is 0.750 bits per heavy atom. The van der Waals surface area contributed by atoms with Crippen molar-refractivity contribution in [3.8, 4) is 0 Å². The minimum Gasteiger partial charge on any atom is -0.348 e. The number of hydrogen-bond acceptors (Lipinski definition) is 6. The molecule has 0 aliphatic carbocycles. The maximum atomic E-state index is 13.2. The highest BCUT2D eigenvalue weighted by Gasteiger charge is 2.28. The molecule has 0 fully saturated rings. The second-order valence-corrected chi connectivity index (χ2v) is 12.8. The van der Waals surface area contributed by atoms with E-state index in [0.717, 1.165) is 31.1 Å². The number of sulfone groups is 1. The summed E-state index contributed by atoms with van der Waals surface area (Å²) in [6, 6.07) is -2.02. The molecule has 10 heteroatoms. The maximum Gasteiger partial charge on any atom is 0.243 e. The summed E-state index contributed by atoms with van der Waals surface area (Å²) in [5, 5.41) is 12.7. The van der Waals surface area contributed by atoms with Gasteiger partial charge in [-0.15, -0.1) is 0 Å². The molecule has 0 aromatic rings. The van der Waals surface area contributed by atoms with Crippen molar-refractivity contribution in [2.45, 2.75) is 98.2 Å². The van der Waals surface area contributed by atoms with Crippen molar-refractivity contribution in [2.24, 2.45) is 17.8 Å². The van der Waals surface area contributed by atoms with Gasteiger partial charge in [-0.3, -0.25) is 14.4 Å². The Hall–Kier alpha value is -1.94. The van der Waals surface area contributed by atoms with Crippen LogP contribution in [0.2, 0.25) is 0 Å². The van der Waals surface area contributed by atoms with E-state index in [0.29, 0.717) is 25.7 Å². The number of rotatable bonds is 18. The van der Waals surface area contributed by atoms with Gasteiger partial charge in [-0.25, -0.2) is 8.42 Å². The Morgan fingerprint density at radius 3 is 1.72 bits per heavy atom. The minimum atomic E-state index is -3.34. The van der Waals surface area contributed by atoms with E-state index in [1.54, 1.807) is 0 Å². The Labute approximate surface area is 218 Å². The average molecular weight is 531 g/mol. The van der Waals surface area contributed by atoms with Crippen molar-refractivity contribution in [2.75, 3.05) is 19.8 Å². The number of carbonyl (C=O) groups is 3. The second kappa shape index (κ2) is 17.5. The molecule has 0 aliphatic heterocycles. The predicted molar refractivity (Wildman–Crippen MR) is 146 cm³/mol. The van der Waals surface area contributed by atoms with Crippen LogP contribution in [0.5, 0.6) is 0 Å². The standard InChI is InChI=1S/C26H50N4O5S/c1-18(2)15-21(12-14-36(8,34)35)28-25(32)23(17-20(5)6)30-26(33)22(16-19(3)4)29-24(31)11-9-10-13-27-7/h12,14,18-23,27H,9-11,13,15-17H2,1-8H3,(H,28,32)(H,29,31)(H,30,33)/b14-12+/t21-,22+,23+/m1/s1. The third-order valence-corrected chi connectivity index (χ3v) is 6.04. The summed E-state index contributed by atoms with van der Waals surface area (Å²) in [6.07, 6.45) is 5.93. The first kappa shape index (κ1) is 34.1. The molecule has 0 aliphatic rings. The summed E-state index contributed by atoms with van der Waals surface area (Å²) >= 11 is 0. The topological polar surface area (TPSA) is 133 Å². The highest BCUT2D eigenvalue weighted by molar-refractivity contribution is 7.93. The van der Waals surface area contributed by atoms with Crippen molar-refractivity contribution in [3.63, 3.8) is 0 Å². The highest BCUT2D eigenvalue weighted by Crippen LogP contribution is 2.12. The summed E-state index contributed by atoms with van der Waals surface area (Å²) in [5.41, 5.74) is 0. The Kier molecular flexibility index (Phi) is 16.6. The van der Waals surface area contributed by atoms with E-state index >= 15 is 0 Å². The first-order valence-corrected chi connectivity index (χ1v) is 15.0. The van der Waals surface area contributed by atoms with Gasteiger partial charge in [-0.05, 0) is 63.5 Å². The number of hydrogen-bond donors (Lipinski definition) is 4. The zero-order valence-corrected chi connectivity index (χ0v) is 24.3. The van der Waals surface area contributed by atoms with Crippen molar-refractivity contribution >= 4 is 27.6 Å². The van der Waals surface area contributed by atoms with E-state index in [1.165, 1.54) is 6.08 Å².